The Labute approximate surface area is 132 Å². The van der Waals surface area contributed by atoms with Crippen molar-refractivity contribution >= 4 is 26.3 Å². The van der Waals surface area contributed by atoms with E-state index >= 15 is 0 Å². The molecule has 116 valence electrons. The van der Waals surface area contributed by atoms with Crippen molar-refractivity contribution in [2.75, 3.05) is 6.54 Å². The molecule has 0 radical (unpaired) electrons. The van der Waals surface area contributed by atoms with Crippen molar-refractivity contribution in [1.29, 1.82) is 0 Å². The maximum atomic E-state index is 12.2. The van der Waals surface area contributed by atoms with Gasteiger partial charge in [0.1, 0.15) is 5.01 Å². The molecule has 0 aliphatic heterocycles. The highest BCUT2D eigenvalue weighted by Gasteiger charge is 2.14. The van der Waals surface area contributed by atoms with Crippen LogP contribution in [-0.4, -0.2) is 34.8 Å². The standard InChI is InChI=1S/C13H15N5O2S2/c1-9-3-5-11(6-4-9)22(19,20)14-8-7-12-17-18-10(2)15-16-13(18)21-12/h3-6,14H,7-8H2,1-2H3. The summed E-state index contributed by atoms with van der Waals surface area (Å²) in [6.07, 6.45) is 0.512. The van der Waals surface area contributed by atoms with Gasteiger partial charge < -0.3 is 0 Å². The van der Waals surface area contributed by atoms with Crippen LogP contribution >= 0.6 is 11.3 Å². The van der Waals surface area contributed by atoms with E-state index in [1.54, 1.807) is 28.8 Å². The van der Waals surface area contributed by atoms with Crippen LogP contribution in [0.25, 0.3) is 4.96 Å². The minimum Gasteiger partial charge on any atom is -0.211 e. The van der Waals surface area contributed by atoms with Crippen LogP contribution < -0.4 is 4.72 Å². The number of nitrogens with zero attached hydrogens (tertiary/aromatic N) is 4. The van der Waals surface area contributed by atoms with E-state index in [-0.39, 0.29) is 4.90 Å². The van der Waals surface area contributed by atoms with Crippen LogP contribution in [0.4, 0.5) is 0 Å². The van der Waals surface area contributed by atoms with E-state index in [0.29, 0.717) is 17.9 Å². The Hall–Kier alpha value is -1.84. The number of aromatic nitrogens is 4. The van der Waals surface area contributed by atoms with Crippen LogP contribution in [-0.2, 0) is 16.4 Å². The molecule has 0 bridgehead atoms. The normalized spacial score (nSPS) is 12.1. The van der Waals surface area contributed by atoms with Crippen LogP contribution in [0.1, 0.15) is 16.4 Å². The first kappa shape index (κ1) is 15.1. The molecule has 0 amide bonds. The van der Waals surface area contributed by atoms with Gasteiger partial charge >= 0.3 is 0 Å². The lowest BCUT2D eigenvalue weighted by molar-refractivity contribution is 0.581. The number of benzene rings is 1. The molecule has 3 rings (SSSR count). The van der Waals surface area contributed by atoms with Gasteiger partial charge in [-0.05, 0) is 26.0 Å². The molecule has 0 fully saturated rings. The molecule has 3 aromatic rings. The number of nitrogens with one attached hydrogen (secondary N) is 1. The largest absolute Gasteiger partial charge is 0.240 e. The lowest BCUT2D eigenvalue weighted by Gasteiger charge is -2.05. The zero-order valence-corrected chi connectivity index (χ0v) is 13.8. The lowest BCUT2D eigenvalue weighted by atomic mass is 10.2. The molecule has 0 spiro atoms. The second-order valence-electron chi connectivity index (χ2n) is 4.90. The number of fused-ring (bicyclic) bond motifs is 1. The number of aryl methyl sites for hydroxylation is 2. The van der Waals surface area contributed by atoms with Crippen LogP contribution in [0.2, 0.25) is 0 Å². The summed E-state index contributed by atoms with van der Waals surface area (Å²) >= 11 is 1.41. The van der Waals surface area contributed by atoms with Crippen LogP contribution in [0.5, 0.6) is 0 Å². The molecule has 0 saturated heterocycles. The van der Waals surface area contributed by atoms with Crippen molar-refractivity contribution in [3.63, 3.8) is 0 Å². The highest BCUT2D eigenvalue weighted by molar-refractivity contribution is 7.89. The topological polar surface area (TPSA) is 89.2 Å². The fourth-order valence-corrected chi connectivity index (χ4v) is 3.86. The third kappa shape index (κ3) is 3.01. The maximum absolute atomic E-state index is 12.2. The highest BCUT2D eigenvalue weighted by Crippen LogP contribution is 2.14. The van der Waals surface area contributed by atoms with Gasteiger partial charge in [-0.15, -0.1) is 10.2 Å². The van der Waals surface area contributed by atoms with Crippen LogP contribution in [0.3, 0.4) is 0 Å². The van der Waals surface area contributed by atoms with E-state index < -0.39 is 10.0 Å². The van der Waals surface area contributed by atoms with Gasteiger partial charge in [0, 0.05) is 13.0 Å². The molecule has 0 unspecified atom stereocenters. The van der Waals surface area contributed by atoms with Crippen LogP contribution in [0.15, 0.2) is 29.2 Å². The van der Waals surface area contributed by atoms with Gasteiger partial charge in [-0.1, -0.05) is 29.0 Å². The summed E-state index contributed by atoms with van der Waals surface area (Å²) in [5.74, 6) is 0.720. The molecule has 0 atom stereocenters. The maximum Gasteiger partial charge on any atom is 0.240 e. The van der Waals surface area contributed by atoms with Gasteiger partial charge in [0.15, 0.2) is 5.82 Å². The summed E-state index contributed by atoms with van der Waals surface area (Å²) in [4.78, 5) is 0.987. The molecule has 1 N–H and O–H groups in total. The average Bonchev–Trinajstić information content (AvgIpc) is 3.02. The zero-order valence-electron chi connectivity index (χ0n) is 12.1. The van der Waals surface area contributed by atoms with Crippen LogP contribution in [0, 0.1) is 13.8 Å². The summed E-state index contributed by atoms with van der Waals surface area (Å²) < 4.78 is 28.6. The molecule has 2 aromatic heterocycles. The van der Waals surface area contributed by atoms with Crippen molar-refractivity contribution in [1.82, 2.24) is 24.5 Å². The first-order chi connectivity index (χ1) is 10.5. The van der Waals surface area contributed by atoms with Gasteiger partial charge in [-0.2, -0.15) is 9.61 Å². The Morgan fingerprint density at radius 3 is 2.59 bits per heavy atom. The average molecular weight is 337 g/mol. The van der Waals surface area contributed by atoms with E-state index in [2.05, 4.69) is 20.0 Å². The number of rotatable bonds is 5. The predicted molar refractivity (Wildman–Crippen MR) is 83.5 cm³/mol. The number of hydrogen-bond donors (Lipinski definition) is 1. The third-order valence-corrected chi connectivity index (χ3v) is 5.59. The molecule has 0 saturated carbocycles. The summed E-state index contributed by atoms with van der Waals surface area (Å²) in [6.45, 7) is 4.03. The molecule has 22 heavy (non-hydrogen) atoms. The molecular weight excluding hydrogens is 322 g/mol. The lowest BCUT2D eigenvalue weighted by Crippen LogP contribution is -2.26. The summed E-state index contributed by atoms with van der Waals surface area (Å²) in [7, 11) is -3.48. The van der Waals surface area contributed by atoms with E-state index in [0.717, 1.165) is 16.4 Å². The molecule has 0 aliphatic rings. The highest BCUT2D eigenvalue weighted by atomic mass is 32.2. The smallest absolute Gasteiger partial charge is 0.211 e. The molecule has 0 aliphatic carbocycles. The number of hydrogen-bond acceptors (Lipinski definition) is 6. The van der Waals surface area contributed by atoms with Gasteiger partial charge in [0.05, 0.1) is 4.90 Å². The van der Waals surface area contributed by atoms with Gasteiger partial charge in [-0.3, -0.25) is 0 Å². The summed E-state index contributed by atoms with van der Waals surface area (Å²) in [5, 5.41) is 13.1. The minimum absolute atomic E-state index is 0.270. The summed E-state index contributed by atoms with van der Waals surface area (Å²) in [6, 6.07) is 6.76. The SMILES string of the molecule is Cc1ccc(S(=O)(=O)NCCc2nn3c(C)nnc3s2)cc1. The molecular formula is C13H15N5O2S2. The zero-order chi connectivity index (χ0) is 15.7. The quantitative estimate of drug-likeness (QED) is 0.758. The minimum atomic E-state index is -3.48. The van der Waals surface area contributed by atoms with Crippen molar-refractivity contribution in [3.8, 4) is 0 Å². The fourth-order valence-electron chi connectivity index (χ4n) is 1.95. The van der Waals surface area contributed by atoms with Crippen molar-refractivity contribution in [2.24, 2.45) is 0 Å². The first-order valence-corrected chi connectivity index (χ1v) is 9.00. The van der Waals surface area contributed by atoms with Crippen molar-refractivity contribution < 1.29 is 8.42 Å². The van der Waals surface area contributed by atoms with Crippen molar-refractivity contribution in [2.45, 2.75) is 25.2 Å². The Balaban J connectivity index is 1.65. The monoisotopic (exact) mass is 337 g/mol. The Morgan fingerprint density at radius 1 is 1.18 bits per heavy atom. The van der Waals surface area contributed by atoms with E-state index in [9.17, 15) is 8.42 Å². The van der Waals surface area contributed by atoms with Gasteiger partial charge in [0.2, 0.25) is 15.0 Å². The van der Waals surface area contributed by atoms with Crippen molar-refractivity contribution in [3.05, 3.63) is 40.7 Å². The van der Waals surface area contributed by atoms with Gasteiger partial charge in [0.25, 0.3) is 0 Å². The van der Waals surface area contributed by atoms with E-state index in [4.69, 9.17) is 0 Å². The molecule has 7 nitrogen and oxygen atoms in total. The van der Waals surface area contributed by atoms with E-state index in [1.807, 2.05) is 13.8 Å². The molecule has 1 aromatic carbocycles. The summed E-state index contributed by atoms with van der Waals surface area (Å²) in [5.41, 5.74) is 1.02. The Kier molecular flexibility index (Phi) is 3.94. The Morgan fingerprint density at radius 2 is 1.91 bits per heavy atom. The second-order valence-corrected chi connectivity index (χ2v) is 7.71. The second kappa shape index (κ2) is 5.75. The van der Waals surface area contributed by atoms with Gasteiger partial charge in [-0.25, -0.2) is 13.1 Å². The number of sulfonamides is 1. The molecule has 2 heterocycles. The fraction of sp³-hybridized carbons (Fsp3) is 0.308. The first-order valence-electron chi connectivity index (χ1n) is 6.70. The predicted octanol–water partition coefficient (Wildman–Crippen LogP) is 1.32. The molecule has 9 heteroatoms. The Bertz CT molecular complexity index is 896. The van der Waals surface area contributed by atoms with E-state index in [1.165, 1.54) is 11.3 Å². The third-order valence-electron chi connectivity index (χ3n) is 3.15.